The van der Waals surface area contributed by atoms with Gasteiger partial charge < -0.3 is 5.32 Å². The van der Waals surface area contributed by atoms with E-state index in [1.165, 1.54) is 0 Å². The quantitative estimate of drug-likeness (QED) is 0.648. The van der Waals surface area contributed by atoms with Crippen LogP contribution in [-0.2, 0) is 11.3 Å². The standard InChI is InChI=1S/C20H22N4OS/c1-23(15-20(25)22-18-9-3-4-10-19(18)26-2)14-16-7-5-8-17(13-16)24-12-6-11-21-24/h3-13H,14-15H2,1-2H3,(H,22,25). The molecule has 0 atom stereocenters. The molecule has 0 spiro atoms. The number of thioether (sulfide) groups is 1. The van der Waals surface area contributed by atoms with Crippen LogP contribution in [0.4, 0.5) is 5.69 Å². The van der Waals surface area contributed by atoms with E-state index >= 15 is 0 Å². The van der Waals surface area contributed by atoms with Crippen LogP contribution in [0.25, 0.3) is 5.69 Å². The Morgan fingerprint density at radius 3 is 2.81 bits per heavy atom. The van der Waals surface area contributed by atoms with Gasteiger partial charge >= 0.3 is 0 Å². The summed E-state index contributed by atoms with van der Waals surface area (Å²) in [5.74, 6) is -0.0165. The van der Waals surface area contributed by atoms with Crippen molar-refractivity contribution in [3.63, 3.8) is 0 Å². The van der Waals surface area contributed by atoms with E-state index in [1.807, 2.05) is 71.5 Å². The van der Waals surface area contributed by atoms with E-state index in [2.05, 4.69) is 22.5 Å². The lowest BCUT2D eigenvalue weighted by Crippen LogP contribution is -2.30. The highest BCUT2D eigenvalue weighted by atomic mass is 32.2. The Morgan fingerprint density at radius 2 is 2.04 bits per heavy atom. The van der Waals surface area contributed by atoms with Crippen LogP contribution in [0.1, 0.15) is 5.56 Å². The molecule has 26 heavy (non-hydrogen) atoms. The van der Waals surface area contributed by atoms with Gasteiger partial charge in [0.15, 0.2) is 0 Å². The zero-order chi connectivity index (χ0) is 18.4. The summed E-state index contributed by atoms with van der Waals surface area (Å²) in [4.78, 5) is 15.4. The molecule has 6 heteroatoms. The van der Waals surface area contributed by atoms with Gasteiger partial charge in [-0.2, -0.15) is 5.10 Å². The molecule has 0 aliphatic rings. The minimum atomic E-state index is -0.0165. The molecule has 3 rings (SSSR count). The largest absolute Gasteiger partial charge is 0.324 e. The molecule has 0 radical (unpaired) electrons. The molecular weight excluding hydrogens is 344 g/mol. The van der Waals surface area contributed by atoms with Crippen molar-refractivity contribution >= 4 is 23.4 Å². The van der Waals surface area contributed by atoms with Crippen LogP contribution in [0.5, 0.6) is 0 Å². The first-order valence-electron chi connectivity index (χ1n) is 8.36. The molecule has 0 bridgehead atoms. The van der Waals surface area contributed by atoms with E-state index < -0.39 is 0 Å². The number of benzene rings is 2. The highest BCUT2D eigenvalue weighted by Crippen LogP contribution is 2.24. The first-order valence-corrected chi connectivity index (χ1v) is 9.58. The summed E-state index contributed by atoms with van der Waals surface area (Å²) in [5.41, 5.74) is 3.01. The van der Waals surface area contributed by atoms with Crippen LogP contribution in [0.2, 0.25) is 0 Å². The van der Waals surface area contributed by atoms with Gasteiger partial charge in [0, 0.05) is 23.8 Å². The number of aromatic nitrogens is 2. The van der Waals surface area contributed by atoms with E-state index in [-0.39, 0.29) is 5.91 Å². The van der Waals surface area contributed by atoms with Crippen molar-refractivity contribution in [2.24, 2.45) is 0 Å². The normalized spacial score (nSPS) is 10.9. The zero-order valence-electron chi connectivity index (χ0n) is 14.9. The summed E-state index contributed by atoms with van der Waals surface area (Å²) >= 11 is 1.62. The second kappa shape index (κ2) is 8.69. The summed E-state index contributed by atoms with van der Waals surface area (Å²) in [5, 5.41) is 7.25. The van der Waals surface area contributed by atoms with Gasteiger partial charge in [-0.25, -0.2) is 4.68 Å². The number of amides is 1. The fraction of sp³-hybridized carbons (Fsp3) is 0.200. The number of rotatable bonds is 7. The smallest absolute Gasteiger partial charge is 0.238 e. The number of nitrogens with one attached hydrogen (secondary N) is 1. The summed E-state index contributed by atoms with van der Waals surface area (Å²) in [6.07, 6.45) is 5.68. The van der Waals surface area contributed by atoms with Crippen molar-refractivity contribution in [3.8, 4) is 5.69 Å². The molecule has 5 nitrogen and oxygen atoms in total. The van der Waals surface area contributed by atoms with Crippen LogP contribution >= 0.6 is 11.8 Å². The van der Waals surface area contributed by atoms with Gasteiger partial charge in [-0.15, -0.1) is 11.8 Å². The minimum absolute atomic E-state index is 0.0165. The topological polar surface area (TPSA) is 50.2 Å². The second-order valence-corrected chi connectivity index (χ2v) is 6.89. The predicted molar refractivity (Wildman–Crippen MR) is 107 cm³/mol. The lowest BCUT2D eigenvalue weighted by atomic mass is 10.2. The maximum absolute atomic E-state index is 12.4. The van der Waals surface area contributed by atoms with Gasteiger partial charge in [0.1, 0.15) is 0 Å². The maximum atomic E-state index is 12.4. The molecule has 0 unspecified atom stereocenters. The van der Waals surface area contributed by atoms with Crippen LogP contribution in [0, 0.1) is 0 Å². The molecule has 1 aromatic heterocycles. The molecule has 134 valence electrons. The fourth-order valence-electron chi connectivity index (χ4n) is 2.77. The number of carbonyl (C=O) groups is 1. The third-order valence-corrected chi connectivity index (χ3v) is 4.72. The Hall–Kier alpha value is -2.57. The molecule has 0 fully saturated rings. The Kier molecular flexibility index (Phi) is 6.09. The van der Waals surface area contributed by atoms with E-state index in [4.69, 9.17) is 0 Å². The fourth-order valence-corrected chi connectivity index (χ4v) is 3.32. The number of nitrogens with zero attached hydrogens (tertiary/aromatic N) is 3. The van der Waals surface area contributed by atoms with Crippen molar-refractivity contribution in [1.29, 1.82) is 0 Å². The van der Waals surface area contributed by atoms with E-state index in [0.717, 1.165) is 21.8 Å². The Balaban J connectivity index is 1.59. The Morgan fingerprint density at radius 1 is 1.19 bits per heavy atom. The van der Waals surface area contributed by atoms with Gasteiger partial charge in [0.25, 0.3) is 0 Å². The Labute approximate surface area is 158 Å². The van der Waals surface area contributed by atoms with Crippen molar-refractivity contribution in [2.75, 3.05) is 25.2 Å². The lowest BCUT2D eigenvalue weighted by molar-refractivity contribution is -0.117. The molecule has 2 aromatic carbocycles. The molecule has 0 aliphatic carbocycles. The van der Waals surface area contributed by atoms with Crippen LogP contribution in [0.15, 0.2) is 71.9 Å². The van der Waals surface area contributed by atoms with Gasteiger partial charge in [0.2, 0.25) is 5.91 Å². The van der Waals surface area contributed by atoms with Crippen LogP contribution in [-0.4, -0.2) is 40.4 Å². The SMILES string of the molecule is CSc1ccccc1NC(=O)CN(C)Cc1cccc(-n2cccn2)c1. The van der Waals surface area contributed by atoms with E-state index in [1.54, 1.807) is 18.0 Å². The van der Waals surface area contributed by atoms with E-state index in [9.17, 15) is 4.79 Å². The van der Waals surface area contributed by atoms with Crippen LogP contribution < -0.4 is 5.32 Å². The lowest BCUT2D eigenvalue weighted by Gasteiger charge is -2.17. The van der Waals surface area contributed by atoms with Crippen molar-refractivity contribution < 1.29 is 4.79 Å². The summed E-state index contributed by atoms with van der Waals surface area (Å²) in [7, 11) is 1.95. The van der Waals surface area contributed by atoms with Gasteiger partial charge in [0.05, 0.1) is 17.9 Å². The average molecular weight is 366 g/mol. The number of para-hydroxylation sites is 1. The molecule has 0 saturated heterocycles. The first-order chi connectivity index (χ1) is 12.7. The highest BCUT2D eigenvalue weighted by molar-refractivity contribution is 7.98. The van der Waals surface area contributed by atoms with Crippen LogP contribution in [0.3, 0.4) is 0 Å². The zero-order valence-corrected chi connectivity index (χ0v) is 15.7. The molecular formula is C20H22N4OS. The van der Waals surface area contributed by atoms with Crippen molar-refractivity contribution in [2.45, 2.75) is 11.4 Å². The number of carbonyl (C=O) groups excluding carboxylic acids is 1. The molecule has 0 aliphatic heterocycles. The first kappa shape index (κ1) is 18.2. The number of likely N-dealkylation sites (N-methyl/N-ethyl adjacent to an activating group) is 1. The van der Waals surface area contributed by atoms with Crippen molar-refractivity contribution in [3.05, 3.63) is 72.6 Å². The van der Waals surface area contributed by atoms with Crippen molar-refractivity contribution in [1.82, 2.24) is 14.7 Å². The highest BCUT2D eigenvalue weighted by Gasteiger charge is 2.10. The summed E-state index contributed by atoms with van der Waals surface area (Å²) < 4.78 is 1.83. The average Bonchev–Trinajstić information content (AvgIpc) is 3.17. The number of hydrogen-bond acceptors (Lipinski definition) is 4. The monoisotopic (exact) mass is 366 g/mol. The number of hydrogen-bond donors (Lipinski definition) is 1. The molecule has 1 amide bonds. The third kappa shape index (κ3) is 4.74. The minimum Gasteiger partial charge on any atom is -0.324 e. The molecule has 1 heterocycles. The summed E-state index contributed by atoms with van der Waals surface area (Å²) in [6, 6.07) is 17.9. The Bertz CT molecular complexity index is 864. The summed E-state index contributed by atoms with van der Waals surface area (Å²) in [6.45, 7) is 1.02. The maximum Gasteiger partial charge on any atom is 0.238 e. The molecule has 0 saturated carbocycles. The second-order valence-electron chi connectivity index (χ2n) is 6.04. The third-order valence-electron chi connectivity index (χ3n) is 3.93. The van der Waals surface area contributed by atoms with Gasteiger partial charge in [-0.05, 0) is 49.2 Å². The molecule has 3 aromatic rings. The van der Waals surface area contributed by atoms with Gasteiger partial charge in [-0.3, -0.25) is 9.69 Å². The number of anilines is 1. The predicted octanol–water partition coefficient (Wildman–Crippen LogP) is 3.66. The van der Waals surface area contributed by atoms with E-state index in [0.29, 0.717) is 13.1 Å². The van der Waals surface area contributed by atoms with Gasteiger partial charge in [-0.1, -0.05) is 24.3 Å². The molecule has 1 N–H and O–H groups in total.